The van der Waals surface area contributed by atoms with E-state index in [1.807, 2.05) is 6.92 Å². The quantitative estimate of drug-likeness (QED) is 0.693. The molecule has 0 atom stereocenters. The first kappa shape index (κ1) is 15.0. The Labute approximate surface area is 121 Å². The molecule has 0 aliphatic heterocycles. The van der Waals surface area contributed by atoms with Gasteiger partial charge >= 0.3 is 0 Å². The highest BCUT2D eigenvalue weighted by molar-refractivity contribution is 6.13. The average molecular weight is 291 g/mol. The lowest BCUT2D eigenvalue weighted by Crippen LogP contribution is -2.09. The lowest BCUT2D eigenvalue weighted by molar-refractivity contribution is 0.103. The average Bonchev–Trinajstić information content (AvgIpc) is 2.44. The Morgan fingerprint density at radius 1 is 1.14 bits per heavy atom. The first-order valence-corrected chi connectivity index (χ1v) is 6.46. The smallest absolute Gasteiger partial charge is 0.198 e. The summed E-state index contributed by atoms with van der Waals surface area (Å²) in [6.07, 6.45) is 0. The molecule has 2 aromatic carbocycles. The van der Waals surface area contributed by atoms with Crippen LogP contribution in [-0.2, 0) is 0 Å². The fourth-order valence-corrected chi connectivity index (χ4v) is 2.01. The topological polar surface area (TPSA) is 52.3 Å². The minimum Gasteiger partial charge on any atom is -0.493 e. The molecule has 0 unspecified atom stereocenters. The normalized spacial score (nSPS) is 10.5. The van der Waals surface area contributed by atoms with Gasteiger partial charge in [-0.15, -0.1) is 0 Å². The Morgan fingerprint density at radius 2 is 1.81 bits per heavy atom. The second-order valence-electron chi connectivity index (χ2n) is 4.62. The first-order chi connectivity index (χ1) is 9.93. The van der Waals surface area contributed by atoms with Crippen molar-refractivity contribution in [3.63, 3.8) is 0 Å². The number of carbonyl (C=O) groups excluding carboxylic acids is 1. The van der Waals surface area contributed by atoms with E-state index in [-0.39, 0.29) is 16.8 Å². The fourth-order valence-electron chi connectivity index (χ4n) is 2.01. The molecule has 5 heteroatoms. The number of nitrogen functional groups attached to an aromatic ring is 1. The minimum absolute atomic E-state index is 0.0829. The summed E-state index contributed by atoms with van der Waals surface area (Å²) in [6.45, 7) is 4.00. The van der Waals surface area contributed by atoms with Gasteiger partial charge in [0.1, 0.15) is 5.75 Å². The van der Waals surface area contributed by atoms with Crippen molar-refractivity contribution in [1.29, 1.82) is 0 Å². The van der Waals surface area contributed by atoms with Crippen LogP contribution in [0.25, 0.3) is 0 Å². The lowest BCUT2D eigenvalue weighted by Gasteiger charge is -2.12. The van der Waals surface area contributed by atoms with E-state index in [2.05, 4.69) is 0 Å². The summed E-state index contributed by atoms with van der Waals surface area (Å²) in [4.78, 5) is 12.5. The van der Waals surface area contributed by atoms with Crippen LogP contribution in [-0.4, -0.2) is 12.4 Å². The molecule has 0 bridgehead atoms. The van der Waals surface area contributed by atoms with Crippen LogP contribution in [0.15, 0.2) is 30.3 Å². The van der Waals surface area contributed by atoms with E-state index >= 15 is 0 Å². The van der Waals surface area contributed by atoms with Gasteiger partial charge in [0.05, 0.1) is 12.2 Å². The van der Waals surface area contributed by atoms with E-state index in [0.29, 0.717) is 12.4 Å². The number of halogens is 2. The highest BCUT2D eigenvalue weighted by Crippen LogP contribution is 2.26. The number of aryl methyl sites for hydroxylation is 1. The summed E-state index contributed by atoms with van der Waals surface area (Å²) in [5.74, 6) is -2.31. The number of hydrogen-bond donors (Lipinski definition) is 1. The molecule has 110 valence electrons. The van der Waals surface area contributed by atoms with Crippen molar-refractivity contribution in [3.05, 3.63) is 58.7 Å². The highest BCUT2D eigenvalue weighted by Gasteiger charge is 2.19. The minimum atomic E-state index is -1.11. The SMILES string of the molecule is CCOc1ccc(C)cc1C(=O)c1cc(F)c(F)cc1N. The number of ketones is 1. The molecular weight excluding hydrogens is 276 g/mol. The second-order valence-corrected chi connectivity index (χ2v) is 4.62. The molecule has 2 aromatic rings. The van der Waals surface area contributed by atoms with E-state index in [1.54, 1.807) is 25.1 Å². The van der Waals surface area contributed by atoms with Crippen LogP contribution in [0.1, 0.15) is 28.4 Å². The van der Waals surface area contributed by atoms with Gasteiger partial charge in [0.25, 0.3) is 0 Å². The van der Waals surface area contributed by atoms with E-state index in [0.717, 1.165) is 17.7 Å². The van der Waals surface area contributed by atoms with Gasteiger partial charge in [-0.25, -0.2) is 8.78 Å². The first-order valence-electron chi connectivity index (χ1n) is 6.46. The molecule has 2 N–H and O–H groups in total. The molecule has 0 fully saturated rings. The van der Waals surface area contributed by atoms with Gasteiger partial charge in [0, 0.05) is 17.3 Å². The predicted octanol–water partition coefficient (Wildman–Crippen LogP) is 3.49. The summed E-state index contributed by atoms with van der Waals surface area (Å²) in [5.41, 5.74) is 6.55. The van der Waals surface area contributed by atoms with Crippen LogP contribution in [0, 0.1) is 18.6 Å². The third-order valence-corrected chi connectivity index (χ3v) is 3.02. The van der Waals surface area contributed by atoms with E-state index in [9.17, 15) is 13.6 Å². The summed E-state index contributed by atoms with van der Waals surface area (Å²) in [7, 11) is 0. The van der Waals surface area contributed by atoms with Crippen LogP contribution >= 0.6 is 0 Å². The molecule has 0 saturated carbocycles. The fraction of sp³-hybridized carbons (Fsp3) is 0.188. The summed E-state index contributed by atoms with van der Waals surface area (Å²) in [5, 5.41) is 0. The Bertz CT molecular complexity index is 699. The van der Waals surface area contributed by atoms with Crippen LogP contribution in [0.4, 0.5) is 14.5 Å². The van der Waals surface area contributed by atoms with Crippen molar-refractivity contribution in [2.45, 2.75) is 13.8 Å². The van der Waals surface area contributed by atoms with Gasteiger partial charge in [-0.3, -0.25) is 4.79 Å². The molecule has 2 rings (SSSR count). The van der Waals surface area contributed by atoms with Gasteiger partial charge in [0.15, 0.2) is 17.4 Å². The van der Waals surface area contributed by atoms with E-state index < -0.39 is 17.4 Å². The summed E-state index contributed by atoms with van der Waals surface area (Å²) < 4.78 is 31.8. The van der Waals surface area contributed by atoms with Gasteiger partial charge in [0.2, 0.25) is 0 Å². The third-order valence-electron chi connectivity index (χ3n) is 3.02. The maximum Gasteiger partial charge on any atom is 0.198 e. The molecule has 0 radical (unpaired) electrons. The molecule has 0 aliphatic carbocycles. The van der Waals surface area contributed by atoms with Crippen molar-refractivity contribution in [2.24, 2.45) is 0 Å². The second kappa shape index (κ2) is 5.91. The molecule has 0 amide bonds. The number of nitrogens with two attached hydrogens (primary N) is 1. The summed E-state index contributed by atoms with van der Waals surface area (Å²) in [6, 6.07) is 6.72. The maximum atomic E-state index is 13.3. The Kier molecular flexibility index (Phi) is 4.21. The zero-order valence-electron chi connectivity index (χ0n) is 11.7. The molecule has 21 heavy (non-hydrogen) atoms. The Balaban J connectivity index is 2.54. The number of carbonyl (C=O) groups is 1. The number of hydrogen-bond acceptors (Lipinski definition) is 3. The molecule has 0 saturated heterocycles. The highest BCUT2D eigenvalue weighted by atomic mass is 19.2. The van der Waals surface area contributed by atoms with Crippen LogP contribution in [0.5, 0.6) is 5.75 Å². The van der Waals surface area contributed by atoms with Crippen molar-refractivity contribution in [1.82, 2.24) is 0 Å². The van der Waals surface area contributed by atoms with Gasteiger partial charge in [-0.05, 0) is 32.0 Å². The third kappa shape index (κ3) is 3.02. The van der Waals surface area contributed by atoms with Crippen molar-refractivity contribution < 1.29 is 18.3 Å². The molecular formula is C16H15F2NO2. The van der Waals surface area contributed by atoms with Crippen molar-refractivity contribution in [3.8, 4) is 5.75 Å². The van der Waals surface area contributed by atoms with Crippen LogP contribution in [0.3, 0.4) is 0 Å². The van der Waals surface area contributed by atoms with E-state index in [1.165, 1.54) is 0 Å². The summed E-state index contributed by atoms with van der Waals surface area (Å²) >= 11 is 0. The zero-order chi connectivity index (χ0) is 15.6. The van der Waals surface area contributed by atoms with Crippen LogP contribution in [0.2, 0.25) is 0 Å². The number of benzene rings is 2. The van der Waals surface area contributed by atoms with Gasteiger partial charge in [-0.2, -0.15) is 0 Å². The maximum absolute atomic E-state index is 13.3. The largest absolute Gasteiger partial charge is 0.493 e. The Morgan fingerprint density at radius 3 is 2.48 bits per heavy atom. The van der Waals surface area contributed by atoms with Crippen molar-refractivity contribution in [2.75, 3.05) is 12.3 Å². The molecule has 0 spiro atoms. The molecule has 3 nitrogen and oxygen atoms in total. The van der Waals surface area contributed by atoms with Gasteiger partial charge in [-0.1, -0.05) is 11.6 Å². The number of rotatable bonds is 4. The predicted molar refractivity (Wildman–Crippen MR) is 76.6 cm³/mol. The number of anilines is 1. The monoisotopic (exact) mass is 291 g/mol. The molecule has 0 heterocycles. The lowest BCUT2D eigenvalue weighted by atomic mass is 9.99. The van der Waals surface area contributed by atoms with Crippen LogP contribution < -0.4 is 10.5 Å². The number of ether oxygens (including phenoxy) is 1. The van der Waals surface area contributed by atoms with Crippen molar-refractivity contribution >= 4 is 11.5 Å². The Hall–Kier alpha value is -2.43. The van der Waals surface area contributed by atoms with E-state index in [4.69, 9.17) is 10.5 Å². The molecule has 0 aliphatic rings. The standard InChI is InChI=1S/C16H15F2NO2/c1-3-21-15-5-4-9(2)6-11(15)16(20)10-7-12(17)13(18)8-14(10)19/h4-8H,3,19H2,1-2H3. The zero-order valence-corrected chi connectivity index (χ0v) is 11.7. The molecule has 0 aromatic heterocycles. The van der Waals surface area contributed by atoms with Gasteiger partial charge < -0.3 is 10.5 Å².